The molecule has 0 bridgehead atoms. The van der Waals surface area contributed by atoms with E-state index in [1.165, 1.54) is 11.8 Å². The fourth-order valence-electron chi connectivity index (χ4n) is 0.791. The van der Waals surface area contributed by atoms with Crippen LogP contribution in [0, 0.1) is 0 Å². The third kappa shape index (κ3) is 2.56. The molecule has 0 saturated heterocycles. The number of carbonyl (C=O) groups excluding carboxylic acids is 1. The van der Waals surface area contributed by atoms with E-state index in [0.717, 1.165) is 11.2 Å². The lowest BCUT2D eigenvalue weighted by atomic mass is 10.7. The number of aliphatic hydroxyl groups excluding tert-OH is 1. The molecule has 0 aromatic heterocycles. The Morgan fingerprint density at radius 3 is 3.14 bits per heavy atom. The molecule has 0 radical (unpaired) electrons. The Labute approximate surface area is 85.6 Å². The van der Waals surface area contributed by atoms with Gasteiger partial charge in [-0.2, -0.15) is 10.0 Å². The van der Waals surface area contributed by atoms with Gasteiger partial charge in [-0.15, -0.1) is 0 Å². The van der Waals surface area contributed by atoms with Crippen LogP contribution in [0.3, 0.4) is 0 Å². The van der Waals surface area contributed by atoms with Gasteiger partial charge in [-0.05, 0) is 13.2 Å². The normalized spacial score (nSPS) is 15.4. The van der Waals surface area contributed by atoms with Gasteiger partial charge in [0.25, 0.3) is 0 Å². The van der Waals surface area contributed by atoms with E-state index in [2.05, 4.69) is 10.4 Å². The van der Waals surface area contributed by atoms with Gasteiger partial charge < -0.3 is 9.84 Å². The summed E-state index contributed by atoms with van der Waals surface area (Å²) in [6.07, 6.45) is 2.34. The van der Waals surface area contributed by atoms with Crippen molar-refractivity contribution in [2.45, 2.75) is 6.92 Å². The maximum absolute atomic E-state index is 11.2. The van der Waals surface area contributed by atoms with Crippen LogP contribution in [0.25, 0.3) is 0 Å². The van der Waals surface area contributed by atoms with Crippen LogP contribution < -0.4 is 5.43 Å². The minimum Gasteiger partial charge on any atom is -0.492 e. The number of aliphatic hydroxyl groups is 1. The first-order valence-corrected chi connectivity index (χ1v) is 5.16. The first kappa shape index (κ1) is 10.7. The van der Waals surface area contributed by atoms with E-state index in [1.807, 2.05) is 0 Å². The first-order chi connectivity index (χ1) is 6.67. The van der Waals surface area contributed by atoms with Crippen molar-refractivity contribution < 1.29 is 14.6 Å². The van der Waals surface area contributed by atoms with Crippen LogP contribution in [0.15, 0.2) is 17.1 Å². The van der Waals surface area contributed by atoms with Gasteiger partial charge in [0.1, 0.15) is 0 Å². The van der Waals surface area contributed by atoms with E-state index in [9.17, 15) is 4.79 Å². The molecule has 1 heterocycles. The van der Waals surface area contributed by atoms with Crippen molar-refractivity contribution in [2.24, 2.45) is 4.99 Å². The third-order valence-corrected chi connectivity index (χ3v) is 1.90. The fourth-order valence-corrected chi connectivity index (χ4v) is 1.17. The SMILES string of the molecule is CCOC(=O)N1C=C(O)N=C(SC)N1. The summed E-state index contributed by atoms with van der Waals surface area (Å²) in [6, 6.07) is 0. The summed E-state index contributed by atoms with van der Waals surface area (Å²) < 4.78 is 4.73. The minimum absolute atomic E-state index is 0.235. The van der Waals surface area contributed by atoms with Crippen molar-refractivity contribution in [1.82, 2.24) is 10.4 Å². The molecule has 0 aromatic rings. The molecule has 14 heavy (non-hydrogen) atoms. The molecule has 1 aliphatic heterocycles. The van der Waals surface area contributed by atoms with Gasteiger partial charge in [0.05, 0.1) is 12.8 Å². The summed E-state index contributed by atoms with van der Waals surface area (Å²) >= 11 is 1.28. The molecule has 0 spiro atoms. The number of amides is 1. The van der Waals surface area contributed by atoms with E-state index in [4.69, 9.17) is 9.84 Å². The molecule has 0 atom stereocenters. The van der Waals surface area contributed by atoms with Crippen molar-refractivity contribution in [3.63, 3.8) is 0 Å². The Bertz CT molecular complexity index is 290. The monoisotopic (exact) mass is 217 g/mol. The molecule has 1 rings (SSSR count). The van der Waals surface area contributed by atoms with Gasteiger partial charge in [0.2, 0.25) is 5.88 Å². The van der Waals surface area contributed by atoms with E-state index >= 15 is 0 Å². The van der Waals surface area contributed by atoms with Crippen molar-refractivity contribution in [2.75, 3.05) is 12.9 Å². The fraction of sp³-hybridized carbons (Fsp3) is 0.429. The van der Waals surface area contributed by atoms with Gasteiger partial charge >= 0.3 is 6.09 Å². The summed E-state index contributed by atoms with van der Waals surface area (Å²) in [5.41, 5.74) is 2.65. The number of amidine groups is 1. The van der Waals surface area contributed by atoms with Crippen molar-refractivity contribution in [3.8, 4) is 0 Å². The molecular weight excluding hydrogens is 206 g/mol. The predicted octanol–water partition coefficient (Wildman–Crippen LogP) is 1.04. The van der Waals surface area contributed by atoms with Gasteiger partial charge in [-0.3, -0.25) is 5.43 Å². The quantitative estimate of drug-likeness (QED) is 0.686. The maximum Gasteiger partial charge on any atom is 0.433 e. The molecule has 78 valence electrons. The van der Waals surface area contributed by atoms with Crippen LogP contribution in [-0.4, -0.2) is 34.2 Å². The Balaban J connectivity index is 2.67. The highest BCUT2D eigenvalue weighted by atomic mass is 32.2. The molecule has 0 saturated carbocycles. The van der Waals surface area contributed by atoms with E-state index in [0.29, 0.717) is 5.17 Å². The number of nitrogens with one attached hydrogen (secondary N) is 1. The molecule has 0 fully saturated rings. The molecule has 1 amide bonds. The topological polar surface area (TPSA) is 74.2 Å². The van der Waals surface area contributed by atoms with E-state index in [1.54, 1.807) is 13.2 Å². The molecule has 2 N–H and O–H groups in total. The number of hydrogen-bond acceptors (Lipinski definition) is 6. The average Bonchev–Trinajstić information content (AvgIpc) is 2.17. The molecular formula is C7H11N3O3S. The van der Waals surface area contributed by atoms with Crippen LogP contribution in [0.1, 0.15) is 6.92 Å². The Morgan fingerprint density at radius 1 is 1.86 bits per heavy atom. The van der Waals surface area contributed by atoms with Crippen molar-refractivity contribution in [3.05, 3.63) is 12.1 Å². The number of thioether (sulfide) groups is 1. The maximum atomic E-state index is 11.2. The molecule has 0 unspecified atom stereocenters. The number of rotatable bonds is 1. The van der Waals surface area contributed by atoms with Crippen molar-refractivity contribution >= 4 is 23.0 Å². The zero-order valence-corrected chi connectivity index (χ0v) is 8.67. The summed E-state index contributed by atoms with van der Waals surface area (Å²) in [5, 5.41) is 10.6. The second kappa shape index (κ2) is 4.75. The lowest BCUT2D eigenvalue weighted by Crippen LogP contribution is -2.43. The average molecular weight is 217 g/mol. The van der Waals surface area contributed by atoms with Crippen LogP contribution in [0.2, 0.25) is 0 Å². The zero-order valence-electron chi connectivity index (χ0n) is 7.85. The smallest absolute Gasteiger partial charge is 0.433 e. The highest BCUT2D eigenvalue weighted by Gasteiger charge is 2.18. The largest absolute Gasteiger partial charge is 0.492 e. The molecule has 1 aliphatic rings. The van der Waals surface area contributed by atoms with Crippen LogP contribution in [0.5, 0.6) is 0 Å². The number of hydrazine groups is 1. The number of aliphatic imine (C=N–C) groups is 1. The first-order valence-electron chi connectivity index (χ1n) is 3.93. The highest BCUT2D eigenvalue weighted by Crippen LogP contribution is 2.08. The summed E-state index contributed by atoms with van der Waals surface area (Å²) in [7, 11) is 0. The van der Waals surface area contributed by atoms with E-state index < -0.39 is 6.09 Å². The second-order valence-corrected chi connectivity index (χ2v) is 3.08. The summed E-state index contributed by atoms with van der Waals surface area (Å²) in [6.45, 7) is 1.98. The van der Waals surface area contributed by atoms with Crippen LogP contribution >= 0.6 is 11.8 Å². The van der Waals surface area contributed by atoms with E-state index in [-0.39, 0.29) is 12.5 Å². The Kier molecular flexibility index (Phi) is 3.63. The third-order valence-electron chi connectivity index (χ3n) is 1.33. The Morgan fingerprint density at radius 2 is 2.57 bits per heavy atom. The summed E-state index contributed by atoms with van der Waals surface area (Å²) in [5.74, 6) is -0.235. The standard InChI is InChI=1S/C7H11N3O3S/c1-3-13-7(12)10-4-5(11)8-6(9-10)14-2/h4,11H,3H2,1-2H3,(H,8,9). The number of carbonyl (C=O) groups is 1. The lowest BCUT2D eigenvalue weighted by molar-refractivity contribution is 0.113. The lowest BCUT2D eigenvalue weighted by Gasteiger charge is -2.22. The van der Waals surface area contributed by atoms with Crippen LogP contribution in [-0.2, 0) is 4.74 Å². The molecule has 6 nitrogen and oxygen atoms in total. The minimum atomic E-state index is -0.583. The predicted molar refractivity (Wildman–Crippen MR) is 53.7 cm³/mol. The Hall–Kier alpha value is -1.37. The van der Waals surface area contributed by atoms with Crippen molar-refractivity contribution in [1.29, 1.82) is 0 Å². The zero-order chi connectivity index (χ0) is 10.6. The number of hydrogen-bond donors (Lipinski definition) is 2. The van der Waals surface area contributed by atoms with Crippen LogP contribution in [0.4, 0.5) is 4.79 Å². The van der Waals surface area contributed by atoms with Gasteiger partial charge in [0.15, 0.2) is 5.17 Å². The molecule has 7 heteroatoms. The molecule has 0 aliphatic carbocycles. The molecule has 0 aromatic carbocycles. The summed E-state index contributed by atoms with van der Waals surface area (Å²) in [4.78, 5) is 15.0. The van der Waals surface area contributed by atoms with Gasteiger partial charge in [-0.25, -0.2) is 4.79 Å². The number of nitrogens with zero attached hydrogens (tertiary/aromatic N) is 2. The van der Waals surface area contributed by atoms with Gasteiger partial charge in [-0.1, -0.05) is 11.8 Å². The highest BCUT2D eigenvalue weighted by molar-refractivity contribution is 8.13. The second-order valence-electron chi connectivity index (χ2n) is 2.29. The van der Waals surface area contributed by atoms with Gasteiger partial charge in [0, 0.05) is 0 Å². The number of ether oxygens (including phenoxy) is 1.